The molecule has 0 bridgehead atoms. The smallest absolute Gasteiger partial charge is 0.389 e. The van der Waals surface area contributed by atoms with Crippen molar-refractivity contribution in [3.8, 4) is 11.5 Å². The molecule has 0 atom stereocenters. The number of hydrogen-bond donors (Lipinski definition) is 1. The van der Waals surface area contributed by atoms with Gasteiger partial charge in [0.05, 0.1) is 12.2 Å². The van der Waals surface area contributed by atoms with E-state index in [1.165, 1.54) is 42.5 Å². The van der Waals surface area contributed by atoms with Crippen LogP contribution in [0, 0.1) is 0 Å². The van der Waals surface area contributed by atoms with Gasteiger partial charge < -0.3 is 14.6 Å². The lowest BCUT2D eigenvalue weighted by atomic mass is 10.1. The summed E-state index contributed by atoms with van der Waals surface area (Å²) in [6.07, 6.45) is -2.87. The molecule has 0 heterocycles. The van der Waals surface area contributed by atoms with Crippen molar-refractivity contribution >= 4 is 18.0 Å². The Bertz CT molecular complexity index is 824. The van der Waals surface area contributed by atoms with E-state index < -0.39 is 24.5 Å². The number of carboxylic acid groups (broad SMARTS) is 1. The van der Waals surface area contributed by atoms with E-state index in [2.05, 4.69) is 0 Å². The molecular formula is C20H17F3O5. The number of hydrogen-bond acceptors (Lipinski definition) is 4. The summed E-state index contributed by atoms with van der Waals surface area (Å²) in [5.41, 5.74) is 0.894. The number of carbonyl (C=O) groups is 2. The van der Waals surface area contributed by atoms with Crippen molar-refractivity contribution in [2.45, 2.75) is 19.0 Å². The topological polar surface area (TPSA) is 72.8 Å². The molecule has 0 aromatic heterocycles. The van der Waals surface area contributed by atoms with Gasteiger partial charge >= 0.3 is 18.1 Å². The average molecular weight is 394 g/mol. The Morgan fingerprint density at radius 3 is 2.14 bits per heavy atom. The molecular weight excluding hydrogens is 377 g/mol. The number of halogens is 3. The fourth-order valence-electron chi connectivity index (χ4n) is 2.13. The van der Waals surface area contributed by atoms with Crippen LogP contribution in [0.4, 0.5) is 13.2 Å². The second kappa shape index (κ2) is 9.59. The summed E-state index contributed by atoms with van der Waals surface area (Å²) in [7, 11) is 0. The van der Waals surface area contributed by atoms with Gasteiger partial charge in [0, 0.05) is 12.5 Å². The molecule has 8 heteroatoms. The Kier molecular flexibility index (Phi) is 7.20. The summed E-state index contributed by atoms with van der Waals surface area (Å²) >= 11 is 0. The van der Waals surface area contributed by atoms with Gasteiger partial charge in [0.15, 0.2) is 0 Å². The van der Waals surface area contributed by atoms with Crippen LogP contribution in [-0.2, 0) is 4.79 Å². The van der Waals surface area contributed by atoms with E-state index in [0.29, 0.717) is 11.3 Å². The Morgan fingerprint density at radius 1 is 0.964 bits per heavy atom. The summed E-state index contributed by atoms with van der Waals surface area (Å²) < 4.78 is 46.6. The van der Waals surface area contributed by atoms with Gasteiger partial charge in [0.2, 0.25) is 0 Å². The van der Waals surface area contributed by atoms with Crippen molar-refractivity contribution in [1.29, 1.82) is 0 Å². The predicted octanol–water partition coefficient (Wildman–Crippen LogP) is 4.72. The molecule has 0 aliphatic rings. The van der Waals surface area contributed by atoms with Crippen molar-refractivity contribution < 1.29 is 37.3 Å². The average Bonchev–Trinajstić information content (AvgIpc) is 2.64. The largest absolute Gasteiger partial charge is 0.494 e. The number of carboxylic acids is 1. The normalized spacial score (nSPS) is 11.4. The molecule has 0 saturated carbocycles. The van der Waals surface area contributed by atoms with Crippen LogP contribution in [0.5, 0.6) is 11.5 Å². The summed E-state index contributed by atoms with van der Waals surface area (Å²) in [6.45, 7) is -0.0681. The highest BCUT2D eigenvalue weighted by Gasteiger charge is 2.26. The lowest BCUT2D eigenvalue weighted by Gasteiger charge is -2.09. The van der Waals surface area contributed by atoms with Crippen molar-refractivity contribution in [2.75, 3.05) is 6.61 Å². The fraction of sp³-hybridized carbons (Fsp3) is 0.200. The Labute approximate surface area is 159 Å². The molecule has 0 saturated heterocycles. The van der Waals surface area contributed by atoms with E-state index in [1.807, 2.05) is 0 Å². The molecule has 0 radical (unpaired) electrons. The maximum Gasteiger partial charge on any atom is 0.389 e. The number of benzene rings is 2. The highest BCUT2D eigenvalue weighted by atomic mass is 19.4. The molecule has 148 valence electrons. The molecule has 5 nitrogen and oxygen atoms in total. The summed E-state index contributed by atoms with van der Waals surface area (Å²) in [4.78, 5) is 22.6. The zero-order chi connectivity index (χ0) is 20.6. The van der Waals surface area contributed by atoms with Gasteiger partial charge in [-0.05, 0) is 54.5 Å². The van der Waals surface area contributed by atoms with Gasteiger partial charge in [-0.2, -0.15) is 13.2 Å². The molecule has 0 fully saturated rings. The third-order valence-corrected chi connectivity index (χ3v) is 3.47. The van der Waals surface area contributed by atoms with Crippen LogP contribution in [0.15, 0.2) is 54.6 Å². The highest BCUT2D eigenvalue weighted by Crippen LogP contribution is 2.22. The van der Waals surface area contributed by atoms with Crippen LogP contribution >= 0.6 is 0 Å². The van der Waals surface area contributed by atoms with E-state index in [1.54, 1.807) is 12.1 Å². The van der Waals surface area contributed by atoms with Crippen LogP contribution in [0.25, 0.3) is 6.08 Å². The van der Waals surface area contributed by atoms with Gasteiger partial charge in [-0.1, -0.05) is 12.1 Å². The van der Waals surface area contributed by atoms with Gasteiger partial charge in [0.25, 0.3) is 0 Å². The zero-order valence-corrected chi connectivity index (χ0v) is 14.6. The van der Waals surface area contributed by atoms with Crippen LogP contribution in [0.2, 0.25) is 0 Å². The quantitative estimate of drug-likeness (QED) is 0.303. The van der Waals surface area contributed by atoms with Crippen LogP contribution in [-0.4, -0.2) is 29.8 Å². The summed E-state index contributed by atoms with van der Waals surface area (Å²) in [5, 5.41) is 8.58. The Hall–Kier alpha value is -3.29. The third kappa shape index (κ3) is 7.53. The highest BCUT2D eigenvalue weighted by molar-refractivity contribution is 5.91. The molecule has 0 spiro atoms. The number of alkyl halides is 3. The van der Waals surface area contributed by atoms with E-state index in [4.69, 9.17) is 14.6 Å². The Morgan fingerprint density at radius 2 is 1.57 bits per heavy atom. The molecule has 0 aliphatic carbocycles. The maximum absolute atomic E-state index is 12.1. The number of esters is 1. The minimum absolute atomic E-state index is 0.0681. The van der Waals surface area contributed by atoms with Crippen molar-refractivity contribution in [2.24, 2.45) is 0 Å². The minimum Gasteiger partial charge on any atom is -0.494 e. The molecule has 2 aromatic rings. The van der Waals surface area contributed by atoms with Gasteiger partial charge in [-0.25, -0.2) is 9.59 Å². The van der Waals surface area contributed by atoms with E-state index in [0.717, 1.165) is 6.08 Å². The first-order valence-corrected chi connectivity index (χ1v) is 8.26. The van der Waals surface area contributed by atoms with Crippen molar-refractivity contribution in [3.05, 3.63) is 65.7 Å². The first kappa shape index (κ1) is 21.0. The third-order valence-electron chi connectivity index (χ3n) is 3.47. The molecule has 28 heavy (non-hydrogen) atoms. The molecule has 2 aromatic carbocycles. The Balaban J connectivity index is 1.86. The van der Waals surface area contributed by atoms with Crippen molar-refractivity contribution in [3.63, 3.8) is 0 Å². The van der Waals surface area contributed by atoms with Crippen LogP contribution < -0.4 is 9.47 Å². The van der Waals surface area contributed by atoms with Crippen LogP contribution in [0.3, 0.4) is 0 Å². The predicted molar refractivity (Wildman–Crippen MR) is 95.3 cm³/mol. The SMILES string of the molecule is O=C(O)/C=C/c1ccc(C(=O)Oc2ccc(OCCCC(F)(F)F)cc2)cc1. The van der Waals surface area contributed by atoms with Gasteiger partial charge in [0.1, 0.15) is 11.5 Å². The zero-order valence-electron chi connectivity index (χ0n) is 14.6. The molecule has 0 amide bonds. The lowest BCUT2D eigenvalue weighted by molar-refractivity contribution is -0.136. The molecule has 0 aliphatic heterocycles. The molecule has 1 N–H and O–H groups in total. The van der Waals surface area contributed by atoms with Crippen LogP contribution in [0.1, 0.15) is 28.8 Å². The number of aliphatic carboxylic acids is 1. The second-order valence-corrected chi connectivity index (χ2v) is 5.72. The minimum atomic E-state index is -4.20. The first-order valence-electron chi connectivity index (χ1n) is 8.26. The van der Waals surface area contributed by atoms with Gasteiger partial charge in [-0.3, -0.25) is 0 Å². The van der Waals surface area contributed by atoms with Gasteiger partial charge in [-0.15, -0.1) is 0 Å². The summed E-state index contributed by atoms with van der Waals surface area (Å²) in [5.74, 6) is -1.05. The van der Waals surface area contributed by atoms with E-state index in [-0.39, 0.29) is 24.3 Å². The molecule has 2 rings (SSSR count). The molecule has 0 unspecified atom stereocenters. The lowest BCUT2D eigenvalue weighted by Crippen LogP contribution is -2.10. The van der Waals surface area contributed by atoms with E-state index in [9.17, 15) is 22.8 Å². The fourth-order valence-corrected chi connectivity index (χ4v) is 2.13. The van der Waals surface area contributed by atoms with E-state index >= 15 is 0 Å². The number of ether oxygens (including phenoxy) is 2. The monoisotopic (exact) mass is 394 g/mol. The first-order chi connectivity index (χ1) is 13.2. The standard InChI is InChI=1S/C20H17F3O5/c21-20(22,23)12-1-13-27-16-7-9-17(10-8-16)28-19(26)15-5-2-14(3-6-15)4-11-18(24)25/h2-11H,1,12-13H2,(H,24,25)/b11-4+. The maximum atomic E-state index is 12.1. The van der Waals surface area contributed by atoms with Crippen molar-refractivity contribution in [1.82, 2.24) is 0 Å². The summed E-state index contributed by atoms with van der Waals surface area (Å²) in [6, 6.07) is 12.1. The number of rotatable bonds is 8. The number of carbonyl (C=O) groups excluding carboxylic acids is 1. The second-order valence-electron chi connectivity index (χ2n) is 5.72.